The fourth-order valence-corrected chi connectivity index (χ4v) is 8.57. The number of sulfonamides is 1. The van der Waals surface area contributed by atoms with Crippen LogP contribution in [0.5, 0.6) is 5.75 Å². The average molecular weight is 619 g/mol. The van der Waals surface area contributed by atoms with Crippen molar-refractivity contribution in [3.05, 3.63) is 52.0 Å². The Morgan fingerprint density at radius 2 is 1.92 bits per heavy atom. The first-order valence-corrected chi connectivity index (χ1v) is 14.9. The van der Waals surface area contributed by atoms with Crippen LogP contribution < -0.4 is 15.0 Å². The molecule has 1 saturated carbocycles. The van der Waals surface area contributed by atoms with Crippen molar-refractivity contribution in [1.29, 1.82) is 0 Å². The quantitative estimate of drug-likeness (QED) is 0.418. The van der Waals surface area contributed by atoms with Gasteiger partial charge in [-0.25, -0.2) is 8.42 Å². The Kier molecular flexibility index (Phi) is 6.96. The Morgan fingerprint density at radius 1 is 1.22 bits per heavy atom. The molecule has 5 rings (SSSR count). The van der Waals surface area contributed by atoms with Crippen LogP contribution in [0.1, 0.15) is 54.9 Å². The Morgan fingerprint density at radius 3 is 2.51 bits per heavy atom. The van der Waals surface area contributed by atoms with Crippen molar-refractivity contribution >= 4 is 54.8 Å². The molecule has 37 heavy (non-hydrogen) atoms. The molecular formula is C25H27BrClF2N3O4S. The smallest absolute Gasteiger partial charge is 0.420 e. The first-order chi connectivity index (χ1) is 17.4. The van der Waals surface area contributed by atoms with Crippen LogP contribution in [-0.2, 0) is 10.0 Å². The van der Waals surface area contributed by atoms with Gasteiger partial charge < -0.3 is 15.0 Å². The summed E-state index contributed by atoms with van der Waals surface area (Å²) in [5.41, 5.74) is -0.924. The Balaban J connectivity index is 1.42. The Hall–Kier alpha value is -1.95. The number of ether oxygens (including phenoxy) is 1. The van der Waals surface area contributed by atoms with Gasteiger partial charge in [-0.3, -0.25) is 4.79 Å². The van der Waals surface area contributed by atoms with Crippen LogP contribution in [-0.4, -0.2) is 54.6 Å². The number of nitrogens with zero attached hydrogens (tertiary/aromatic N) is 2. The maximum Gasteiger partial charge on any atom is 0.487 e. The first kappa shape index (κ1) is 26.6. The van der Waals surface area contributed by atoms with Crippen LogP contribution in [0.2, 0.25) is 0 Å². The standard InChI is InChI=1S/C25H27BrClF2N3O4S/c1-14(2)32-22-19(18-8-9-21(23(18)32)31-10-3-11-37(31,34)35)12-15(13-20(22)26)24(33)30-16-4-6-17(7-5-16)36-25(27,28)29/h4-7,12-14,18,21,23H,3,8-11H2,1-2H3,(H,30,33). The molecule has 3 atom stereocenters. The van der Waals surface area contributed by atoms with Gasteiger partial charge in [0.1, 0.15) is 5.75 Å². The van der Waals surface area contributed by atoms with Gasteiger partial charge in [0.15, 0.2) is 0 Å². The van der Waals surface area contributed by atoms with Crippen molar-refractivity contribution in [3.8, 4) is 5.75 Å². The van der Waals surface area contributed by atoms with E-state index in [9.17, 15) is 22.0 Å². The highest BCUT2D eigenvalue weighted by Crippen LogP contribution is 2.54. The monoisotopic (exact) mass is 617 g/mol. The second kappa shape index (κ2) is 9.66. The maximum atomic E-state index is 13.1. The lowest BCUT2D eigenvalue weighted by atomic mass is 9.95. The van der Waals surface area contributed by atoms with E-state index in [0.717, 1.165) is 28.6 Å². The lowest BCUT2D eigenvalue weighted by molar-refractivity contribution is -0.0964. The fraction of sp³-hybridized carbons (Fsp3) is 0.480. The van der Waals surface area contributed by atoms with Gasteiger partial charge in [0, 0.05) is 51.9 Å². The number of fused-ring (bicyclic) bond motifs is 3. The third kappa shape index (κ3) is 5.07. The minimum absolute atomic E-state index is 0.00471. The van der Waals surface area contributed by atoms with Crippen LogP contribution in [0.4, 0.5) is 20.2 Å². The molecule has 0 bridgehead atoms. The summed E-state index contributed by atoms with van der Waals surface area (Å²) in [4.78, 5) is 15.4. The number of hydrogen-bond acceptors (Lipinski definition) is 5. The molecule has 2 aliphatic heterocycles. The molecule has 0 aromatic heterocycles. The SMILES string of the molecule is CC(C)N1c2c(Br)cc(C(=O)Nc3ccc(OC(F)(F)Cl)cc3)cc2C2CCC(N3CCCS3(=O)=O)C21. The van der Waals surface area contributed by atoms with Gasteiger partial charge in [-0.2, -0.15) is 4.31 Å². The molecule has 0 radical (unpaired) electrons. The van der Waals surface area contributed by atoms with Crippen LogP contribution in [0.25, 0.3) is 0 Å². The number of hydrogen-bond donors (Lipinski definition) is 1. The average Bonchev–Trinajstić information content (AvgIpc) is 3.46. The molecule has 2 fully saturated rings. The topological polar surface area (TPSA) is 79.0 Å². The highest BCUT2D eigenvalue weighted by atomic mass is 79.9. The highest BCUT2D eigenvalue weighted by molar-refractivity contribution is 9.10. The highest BCUT2D eigenvalue weighted by Gasteiger charge is 2.53. The van der Waals surface area contributed by atoms with E-state index in [2.05, 4.69) is 44.7 Å². The molecule has 0 spiro atoms. The van der Waals surface area contributed by atoms with Gasteiger partial charge in [-0.05, 0) is 91.0 Å². The minimum atomic E-state index is -3.82. The van der Waals surface area contributed by atoms with Crippen LogP contribution in [0.15, 0.2) is 40.9 Å². The maximum absolute atomic E-state index is 13.1. The predicted octanol–water partition coefficient (Wildman–Crippen LogP) is 5.75. The molecule has 3 unspecified atom stereocenters. The van der Waals surface area contributed by atoms with Crippen LogP contribution in [0.3, 0.4) is 0 Å². The molecule has 2 aromatic rings. The normalized spacial score (nSPS) is 24.8. The van der Waals surface area contributed by atoms with Gasteiger partial charge >= 0.3 is 5.57 Å². The van der Waals surface area contributed by atoms with Crippen molar-refractivity contribution in [2.75, 3.05) is 22.5 Å². The zero-order chi connectivity index (χ0) is 26.7. The van der Waals surface area contributed by atoms with E-state index in [0.29, 0.717) is 24.2 Å². The van der Waals surface area contributed by atoms with Gasteiger partial charge in [-0.1, -0.05) is 0 Å². The third-order valence-electron chi connectivity index (χ3n) is 7.32. The summed E-state index contributed by atoms with van der Waals surface area (Å²) >= 11 is 8.47. The van der Waals surface area contributed by atoms with E-state index >= 15 is 0 Å². The minimum Gasteiger partial charge on any atom is -0.420 e. The van der Waals surface area contributed by atoms with Crippen LogP contribution in [0, 0.1) is 0 Å². The van der Waals surface area contributed by atoms with Crippen LogP contribution >= 0.6 is 27.5 Å². The number of benzene rings is 2. The molecule has 200 valence electrons. The molecule has 1 saturated heterocycles. The van der Waals surface area contributed by atoms with Gasteiger partial charge in [-0.15, -0.1) is 8.78 Å². The predicted molar refractivity (Wildman–Crippen MR) is 142 cm³/mol. The largest absolute Gasteiger partial charge is 0.487 e. The van der Waals surface area contributed by atoms with Gasteiger partial charge in [0.25, 0.3) is 5.91 Å². The number of amides is 1. The molecule has 1 N–H and O–H groups in total. The molecule has 2 heterocycles. The summed E-state index contributed by atoms with van der Waals surface area (Å²) in [6.45, 7) is 4.75. The first-order valence-electron chi connectivity index (χ1n) is 12.1. The number of carbonyl (C=O) groups is 1. The van der Waals surface area contributed by atoms with Crippen molar-refractivity contribution in [1.82, 2.24) is 4.31 Å². The molecule has 7 nitrogen and oxygen atoms in total. The number of halogens is 4. The molecule has 12 heteroatoms. The number of nitrogens with one attached hydrogen (secondary N) is 1. The van der Waals surface area contributed by atoms with Crippen molar-refractivity contribution in [2.24, 2.45) is 0 Å². The summed E-state index contributed by atoms with van der Waals surface area (Å²) in [5.74, 6) is -0.175. The molecule has 3 aliphatic rings. The molecule has 1 amide bonds. The number of anilines is 2. The van der Waals surface area contributed by atoms with E-state index in [1.165, 1.54) is 24.3 Å². The van der Waals surface area contributed by atoms with E-state index in [-0.39, 0.29) is 41.5 Å². The number of rotatable bonds is 6. The van der Waals surface area contributed by atoms with E-state index < -0.39 is 15.6 Å². The van der Waals surface area contributed by atoms with E-state index in [1.807, 2.05) is 6.07 Å². The number of carbonyl (C=O) groups excluding carboxylic acids is 1. The van der Waals surface area contributed by atoms with Crippen molar-refractivity contribution in [2.45, 2.75) is 62.7 Å². The summed E-state index contributed by atoms with van der Waals surface area (Å²) in [5, 5.41) is 2.79. The lowest BCUT2D eigenvalue weighted by Crippen LogP contribution is -2.51. The summed E-state index contributed by atoms with van der Waals surface area (Å²) < 4.78 is 58.0. The molecule has 2 aromatic carbocycles. The fourth-order valence-electron chi connectivity index (χ4n) is 6.03. The lowest BCUT2D eigenvalue weighted by Gasteiger charge is -2.38. The van der Waals surface area contributed by atoms with Gasteiger partial charge in [0.05, 0.1) is 17.5 Å². The zero-order valence-corrected chi connectivity index (χ0v) is 23.4. The summed E-state index contributed by atoms with van der Waals surface area (Å²) in [6.07, 6.45) is 2.27. The second-order valence-corrected chi connectivity index (χ2v) is 13.3. The second-order valence-electron chi connectivity index (χ2n) is 9.95. The summed E-state index contributed by atoms with van der Waals surface area (Å²) in [7, 11) is -3.25. The van der Waals surface area contributed by atoms with E-state index in [1.54, 1.807) is 10.4 Å². The summed E-state index contributed by atoms with van der Waals surface area (Å²) in [6, 6.07) is 9.18. The molecule has 1 aliphatic carbocycles. The third-order valence-corrected chi connectivity index (χ3v) is 9.98. The van der Waals surface area contributed by atoms with Gasteiger partial charge in [0.2, 0.25) is 10.0 Å². The molecular weight excluding hydrogens is 592 g/mol. The van der Waals surface area contributed by atoms with Crippen molar-refractivity contribution < 1.29 is 26.7 Å². The zero-order valence-electron chi connectivity index (χ0n) is 20.3. The van der Waals surface area contributed by atoms with E-state index in [4.69, 9.17) is 11.6 Å². The van der Waals surface area contributed by atoms with Crippen molar-refractivity contribution in [3.63, 3.8) is 0 Å². The Labute approximate surface area is 228 Å². The Bertz CT molecular complexity index is 1320. The number of alkyl halides is 3.